The van der Waals surface area contributed by atoms with Crippen molar-refractivity contribution in [1.82, 2.24) is 24.3 Å². The summed E-state index contributed by atoms with van der Waals surface area (Å²) >= 11 is 1.82. The lowest BCUT2D eigenvalue weighted by Crippen LogP contribution is -2.00. The second-order valence-electron chi connectivity index (χ2n) is 17.4. The van der Waals surface area contributed by atoms with Crippen LogP contribution in [0.15, 0.2) is 224 Å². The van der Waals surface area contributed by atoms with Gasteiger partial charge in [0.25, 0.3) is 0 Å². The Kier molecular flexibility index (Phi) is 8.69. The molecule has 68 heavy (non-hydrogen) atoms. The smallest absolute Gasteiger partial charge is 0.164 e. The van der Waals surface area contributed by atoms with E-state index >= 15 is 0 Å². The highest BCUT2D eigenvalue weighted by molar-refractivity contribution is 7.26. The third-order valence-corrected chi connectivity index (χ3v) is 14.6. The van der Waals surface area contributed by atoms with Crippen LogP contribution in [0.1, 0.15) is 0 Å². The number of benzene rings is 10. The predicted octanol–water partition coefficient (Wildman–Crippen LogP) is 16.5. The average Bonchev–Trinajstić information content (AvgIpc) is 4.00. The number of rotatable bonds is 6. The lowest BCUT2D eigenvalue weighted by Gasteiger charge is -2.12. The topological polar surface area (TPSA) is 56.0 Å². The molecule has 5 nitrogen and oxygen atoms in total. The minimum atomic E-state index is 0.610. The van der Waals surface area contributed by atoms with Crippen LogP contribution >= 0.6 is 11.3 Å². The van der Waals surface area contributed by atoms with E-state index in [2.05, 4.69) is 217 Å². The third kappa shape index (κ3) is 6.30. The predicted molar refractivity (Wildman–Crippen MR) is 284 cm³/mol. The molecule has 0 spiro atoms. The number of hydrogen-bond donors (Lipinski definition) is 0. The molecule has 316 valence electrons. The van der Waals surface area contributed by atoms with Gasteiger partial charge < -0.3 is 0 Å². The van der Waals surface area contributed by atoms with Crippen molar-refractivity contribution in [2.75, 3.05) is 0 Å². The zero-order valence-electron chi connectivity index (χ0n) is 36.5. The molecule has 0 aliphatic carbocycles. The van der Waals surface area contributed by atoms with Gasteiger partial charge in [0.05, 0.1) is 21.4 Å². The summed E-state index contributed by atoms with van der Waals surface area (Å²) in [6, 6.07) is 79.8. The van der Waals surface area contributed by atoms with Gasteiger partial charge in [-0.1, -0.05) is 194 Å². The van der Waals surface area contributed by atoms with Crippen molar-refractivity contribution in [2.24, 2.45) is 0 Å². The molecular weight excluding hydrogens is 847 g/mol. The molecule has 0 atom stereocenters. The van der Waals surface area contributed by atoms with Crippen LogP contribution in [0.5, 0.6) is 0 Å². The van der Waals surface area contributed by atoms with Crippen molar-refractivity contribution in [1.29, 1.82) is 0 Å². The van der Waals surface area contributed by atoms with Crippen LogP contribution in [-0.2, 0) is 0 Å². The number of nitrogens with zero attached hydrogens (tertiary/aromatic N) is 5. The van der Waals surface area contributed by atoms with Gasteiger partial charge in [0.15, 0.2) is 23.1 Å². The van der Waals surface area contributed by atoms with Gasteiger partial charge in [-0.05, 0) is 85.1 Å². The van der Waals surface area contributed by atoms with E-state index in [1.165, 1.54) is 47.1 Å². The molecule has 4 aromatic heterocycles. The third-order valence-electron chi connectivity index (χ3n) is 13.4. The van der Waals surface area contributed by atoms with Crippen molar-refractivity contribution >= 4 is 80.5 Å². The summed E-state index contributed by atoms with van der Waals surface area (Å²) in [6.45, 7) is 0. The van der Waals surface area contributed by atoms with Crippen molar-refractivity contribution in [3.63, 3.8) is 0 Å². The Labute approximate surface area is 395 Å². The molecule has 0 N–H and O–H groups in total. The van der Waals surface area contributed by atoms with E-state index in [-0.39, 0.29) is 0 Å². The molecule has 14 aromatic rings. The second kappa shape index (κ2) is 15.4. The zero-order chi connectivity index (χ0) is 44.7. The Morgan fingerprint density at radius 2 is 0.809 bits per heavy atom. The van der Waals surface area contributed by atoms with E-state index in [9.17, 15) is 0 Å². The highest BCUT2D eigenvalue weighted by Crippen LogP contribution is 2.44. The molecule has 0 bridgehead atoms. The average molecular weight is 884 g/mol. The van der Waals surface area contributed by atoms with Gasteiger partial charge in [-0.3, -0.25) is 4.40 Å². The highest BCUT2D eigenvalue weighted by atomic mass is 32.1. The van der Waals surface area contributed by atoms with Crippen molar-refractivity contribution in [3.8, 4) is 67.7 Å². The Balaban J connectivity index is 0.943. The Morgan fingerprint density at radius 1 is 0.324 bits per heavy atom. The zero-order valence-corrected chi connectivity index (χ0v) is 37.3. The summed E-state index contributed by atoms with van der Waals surface area (Å²) < 4.78 is 4.80. The van der Waals surface area contributed by atoms with Gasteiger partial charge in [0, 0.05) is 37.5 Å². The van der Waals surface area contributed by atoms with Gasteiger partial charge >= 0.3 is 0 Å². The summed E-state index contributed by atoms with van der Waals surface area (Å²) in [5.74, 6) is 1.85. The van der Waals surface area contributed by atoms with Gasteiger partial charge in [0.2, 0.25) is 0 Å². The maximum absolute atomic E-state index is 5.57. The van der Waals surface area contributed by atoms with E-state index in [1.807, 2.05) is 23.5 Å². The van der Waals surface area contributed by atoms with Crippen LogP contribution < -0.4 is 0 Å². The van der Waals surface area contributed by atoms with Gasteiger partial charge in [-0.2, -0.15) is 0 Å². The first kappa shape index (κ1) is 38.4. The second-order valence-corrected chi connectivity index (χ2v) is 18.5. The van der Waals surface area contributed by atoms with Crippen LogP contribution in [0.2, 0.25) is 0 Å². The molecule has 6 heteroatoms. The first-order valence-electron chi connectivity index (χ1n) is 22.9. The van der Waals surface area contributed by atoms with Crippen LogP contribution in [0, 0.1) is 0 Å². The molecule has 0 saturated carbocycles. The summed E-state index contributed by atoms with van der Waals surface area (Å²) in [6.07, 6.45) is 0. The largest absolute Gasteiger partial charge is 0.291 e. The standard InChI is InChI=1S/C62H37N5S/c1-3-11-38(12-4-1)40-19-25-44(26-20-40)59-64-60(45-27-21-41(22-28-45)39-13-5-2-6-14-39)66-61(65-59)46-29-23-43(24-30-46)54-37-52-56-50-18-10-9-15-42(50)32-34-55(56)68-58(52)62-63-57-51-36-48-17-8-7-16-47(48)35-49(51)31-33-53(57)67(54)62/h1-37H. The van der Waals surface area contributed by atoms with Crippen molar-refractivity contribution < 1.29 is 0 Å². The summed E-state index contributed by atoms with van der Waals surface area (Å²) in [4.78, 5) is 21.0. The van der Waals surface area contributed by atoms with Crippen LogP contribution in [0.3, 0.4) is 0 Å². The normalized spacial score (nSPS) is 11.8. The van der Waals surface area contributed by atoms with Crippen LogP contribution in [-0.4, -0.2) is 24.3 Å². The molecule has 0 fully saturated rings. The number of hydrogen-bond acceptors (Lipinski definition) is 5. The van der Waals surface area contributed by atoms with E-state index in [0.29, 0.717) is 17.5 Å². The molecule has 0 aliphatic heterocycles. The number of fused-ring (bicyclic) bond motifs is 12. The van der Waals surface area contributed by atoms with E-state index < -0.39 is 0 Å². The fraction of sp³-hybridized carbons (Fsp3) is 0. The fourth-order valence-electron chi connectivity index (χ4n) is 10.00. The maximum Gasteiger partial charge on any atom is 0.164 e. The monoisotopic (exact) mass is 883 g/mol. The molecule has 0 unspecified atom stereocenters. The number of aromatic nitrogens is 5. The van der Waals surface area contributed by atoms with Gasteiger partial charge in [0.1, 0.15) is 0 Å². The molecule has 4 heterocycles. The molecule has 0 aliphatic rings. The van der Waals surface area contributed by atoms with E-state index in [0.717, 1.165) is 72.3 Å². The SMILES string of the molecule is c1ccc(-c2ccc(-c3nc(-c4ccc(-c5ccccc5)cc4)nc(-c4ccc(-c5cc6c(sc7ccc8ccccc8c76)c6nc7c8cc9ccccc9cc8ccc7n56)cc4)n3)cc2)cc1. The van der Waals surface area contributed by atoms with Crippen LogP contribution in [0.25, 0.3) is 137 Å². The van der Waals surface area contributed by atoms with Gasteiger partial charge in [-0.25, -0.2) is 19.9 Å². The number of thiophene rings is 1. The van der Waals surface area contributed by atoms with Crippen molar-refractivity contribution in [3.05, 3.63) is 224 Å². The molecule has 0 amide bonds. The maximum atomic E-state index is 5.57. The van der Waals surface area contributed by atoms with E-state index in [4.69, 9.17) is 19.9 Å². The number of pyridine rings is 1. The minimum Gasteiger partial charge on any atom is -0.291 e. The summed E-state index contributed by atoms with van der Waals surface area (Å²) in [7, 11) is 0. The Bertz CT molecular complexity index is 4170. The van der Waals surface area contributed by atoms with Crippen LogP contribution in [0.4, 0.5) is 0 Å². The van der Waals surface area contributed by atoms with E-state index in [1.54, 1.807) is 0 Å². The Morgan fingerprint density at radius 3 is 1.41 bits per heavy atom. The van der Waals surface area contributed by atoms with Gasteiger partial charge in [-0.15, -0.1) is 11.3 Å². The quantitative estimate of drug-likeness (QED) is 0.156. The molecule has 0 radical (unpaired) electrons. The lowest BCUT2D eigenvalue weighted by atomic mass is 10.0. The lowest BCUT2D eigenvalue weighted by molar-refractivity contribution is 1.07. The summed E-state index contributed by atoms with van der Waals surface area (Å²) in [5.41, 5.74) is 12.5. The fourth-order valence-corrected chi connectivity index (χ4v) is 11.2. The Hall–Kier alpha value is -8.84. The summed E-state index contributed by atoms with van der Waals surface area (Å²) in [5, 5.41) is 9.72. The molecule has 14 rings (SSSR count). The number of imidazole rings is 1. The minimum absolute atomic E-state index is 0.610. The first-order valence-corrected chi connectivity index (χ1v) is 23.7. The first-order chi connectivity index (χ1) is 33.7. The molecule has 0 saturated heterocycles. The molecule has 10 aromatic carbocycles. The molecular formula is C62H37N5S. The van der Waals surface area contributed by atoms with Crippen molar-refractivity contribution in [2.45, 2.75) is 0 Å². The highest BCUT2D eigenvalue weighted by Gasteiger charge is 2.21.